The third kappa shape index (κ3) is 4.18. The minimum Gasteiger partial charge on any atom is -0.466 e. The van der Waals surface area contributed by atoms with E-state index in [9.17, 15) is 4.79 Å². The first-order valence-electron chi connectivity index (χ1n) is 5.02. The lowest BCUT2D eigenvalue weighted by atomic mass is 10.2. The van der Waals surface area contributed by atoms with Crippen LogP contribution in [0.25, 0.3) is 0 Å². The molecule has 4 heteroatoms. The number of hydrogen-bond donors (Lipinski definition) is 0. The molecule has 0 fully saturated rings. The van der Waals surface area contributed by atoms with Crippen molar-refractivity contribution in [2.45, 2.75) is 38.9 Å². The quantitative estimate of drug-likeness (QED) is 0.423. The highest BCUT2D eigenvalue weighted by Gasteiger charge is 2.37. The molecule has 0 N–H and O–H groups in total. The zero-order valence-electron chi connectivity index (χ0n) is 10.6. The zero-order chi connectivity index (χ0) is 12.3. The molecular formula is C11H22O3Si. The molecule has 0 aromatic carbocycles. The molecule has 0 radical (unpaired) electrons. The molecule has 0 rings (SSSR count). The lowest BCUT2D eigenvalue weighted by molar-refractivity contribution is -0.136. The van der Waals surface area contributed by atoms with Crippen molar-refractivity contribution in [3.63, 3.8) is 0 Å². The van der Waals surface area contributed by atoms with E-state index in [1.54, 1.807) is 0 Å². The van der Waals surface area contributed by atoms with Crippen molar-refractivity contribution < 1.29 is 14.0 Å². The third-order valence-corrected chi connectivity index (χ3v) is 7.37. The molecule has 0 atom stereocenters. The van der Waals surface area contributed by atoms with E-state index in [2.05, 4.69) is 45.2 Å². The summed E-state index contributed by atoms with van der Waals surface area (Å²) in [4.78, 5) is 11.1. The Morgan fingerprint density at radius 2 is 1.80 bits per heavy atom. The Morgan fingerprint density at radius 1 is 1.33 bits per heavy atom. The average molecular weight is 230 g/mol. The third-order valence-electron chi connectivity index (χ3n) is 2.89. The molecule has 0 saturated heterocycles. The highest BCUT2D eigenvalue weighted by molar-refractivity contribution is 6.74. The van der Waals surface area contributed by atoms with Gasteiger partial charge in [0.2, 0.25) is 0 Å². The summed E-state index contributed by atoms with van der Waals surface area (Å²) in [5.41, 5.74) is 0.377. The zero-order valence-corrected chi connectivity index (χ0v) is 11.6. The average Bonchev–Trinajstić information content (AvgIpc) is 2.11. The van der Waals surface area contributed by atoms with Crippen molar-refractivity contribution in [2.75, 3.05) is 13.7 Å². The first kappa shape index (κ1) is 14.4. The smallest absolute Gasteiger partial charge is 0.335 e. The molecular weight excluding hydrogens is 208 g/mol. The summed E-state index contributed by atoms with van der Waals surface area (Å²) in [5, 5.41) is 0.142. The molecule has 0 saturated carbocycles. The fraction of sp³-hybridized carbons (Fsp3) is 0.727. The Kier molecular flexibility index (Phi) is 4.74. The lowest BCUT2D eigenvalue weighted by Gasteiger charge is -2.36. The van der Waals surface area contributed by atoms with Gasteiger partial charge < -0.3 is 9.16 Å². The monoisotopic (exact) mass is 230 g/mol. The van der Waals surface area contributed by atoms with E-state index < -0.39 is 14.3 Å². The van der Waals surface area contributed by atoms with Gasteiger partial charge in [-0.15, -0.1) is 0 Å². The van der Waals surface area contributed by atoms with Crippen LogP contribution >= 0.6 is 0 Å². The molecule has 0 spiro atoms. The van der Waals surface area contributed by atoms with Crippen LogP contribution in [0.2, 0.25) is 18.1 Å². The topological polar surface area (TPSA) is 35.5 Å². The van der Waals surface area contributed by atoms with Crippen LogP contribution in [-0.2, 0) is 14.0 Å². The first-order chi connectivity index (χ1) is 6.62. The van der Waals surface area contributed by atoms with E-state index in [-0.39, 0.29) is 11.6 Å². The number of ether oxygens (including phenoxy) is 1. The molecule has 0 aromatic rings. The van der Waals surface area contributed by atoms with Gasteiger partial charge in [-0.25, -0.2) is 4.79 Å². The van der Waals surface area contributed by atoms with Crippen LogP contribution in [0.4, 0.5) is 0 Å². The van der Waals surface area contributed by atoms with Gasteiger partial charge in [0.15, 0.2) is 8.32 Å². The Morgan fingerprint density at radius 3 is 2.13 bits per heavy atom. The van der Waals surface area contributed by atoms with Gasteiger partial charge in [0.05, 0.1) is 19.3 Å². The van der Waals surface area contributed by atoms with Crippen molar-refractivity contribution in [2.24, 2.45) is 0 Å². The van der Waals surface area contributed by atoms with Crippen molar-refractivity contribution >= 4 is 14.3 Å². The normalized spacial score (nSPS) is 12.4. The summed E-state index contributed by atoms with van der Waals surface area (Å²) in [6.45, 7) is 14.6. The fourth-order valence-corrected chi connectivity index (χ4v) is 1.66. The van der Waals surface area contributed by atoms with Gasteiger partial charge in [0, 0.05) is 0 Å². The van der Waals surface area contributed by atoms with Crippen molar-refractivity contribution in [1.29, 1.82) is 0 Å². The second-order valence-corrected chi connectivity index (χ2v) is 9.95. The van der Waals surface area contributed by atoms with E-state index >= 15 is 0 Å². The summed E-state index contributed by atoms with van der Waals surface area (Å²) >= 11 is 0. The molecule has 0 aromatic heterocycles. The molecule has 0 aliphatic heterocycles. The number of rotatable bonds is 4. The Balaban J connectivity index is 4.28. The van der Waals surface area contributed by atoms with E-state index in [1.807, 2.05) is 0 Å². The molecule has 15 heavy (non-hydrogen) atoms. The van der Waals surface area contributed by atoms with E-state index in [4.69, 9.17) is 4.43 Å². The predicted molar refractivity (Wildman–Crippen MR) is 64.3 cm³/mol. The first-order valence-corrected chi connectivity index (χ1v) is 7.92. The predicted octanol–water partition coefficient (Wildman–Crippen LogP) is 2.74. The van der Waals surface area contributed by atoms with Crippen molar-refractivity contribution in [3.05, 3.63) is 12.2 Å². The Hall–Kier alpha value is -0.613. The van der Waals surface area contributed by atoms with E-state index in [1.165, 1.54) is 7.11 Å². The Labute approximate surface area is 93.6 Å². The molecule has 3 nitrogen and oxygen atoms in total. The summed E-state index contributed by atoms with van der Waals surface area (Å²) in [6, 6.07) is 0. The number of carbonyl (C=O) groups excluding carboxylic acids is 1. The highest BCUT2D eigenvalue weighted by Crippen LogP contribution is 2.36. The van der Waals surface area contributed by atoms with Crippen LogP contribution in [0.15, 0.2) is 12.2 Å². The minimum atomic E-state index is -1.79. The van der Waals surface area contributed by atoms with Crippen molar-refractivity contribution in [3.8, 4) is 0 Å². The summed E-state index contributed by atoms with van der Waals surface area (Å²) < 4.78 is 10.4. The van der Waals surface area contributed by atoms with E-state index in [0.717, 1.165) is 0 Å². The van der Waals surface area contributed by atoms with Crippen LogP contribution < -0.4 is 0 Å². The summed E-state index contributed by atoms with van der Waals surface area (Å²) in [5.74, 6) is -0.395. The standard InChI is InChI=1S/C11H22O3Si/c1-9(10(12)13-5)8-14-15(6,7)11(2,3)4/h1,8H2,2-7H3. The molecule has 0 unspecified atom stereocenters. The van der Waals surface area contributed by atoms with Crippen LogP contribution in [0.1, 0.15) is 20.8 Å². The maximum atomic E-state index is 11.1. The van der Waals surface area contributed by atoms with Gasteiger partial charge >= 0.3 is 5.97 Å². The SMILES string of the molecule is C=C(CO[Si](C)(C)C(C)(C)C)C(=O)OC. The number of methoxy groups -OCH3 is 1. The second-order valence-electron chi connectivity index (χ2n) is 5.14. The van der Waals surface area contributed by atoms with Gasteiger partial charge in [-0.1, -0.05) is 27.4 Å². The van der Waals surface area contributed by atoms with Gasteiger partial charge in [-0.3, -0.25) is 0 Å². The maximum Gasteiger partial charge on any atom is 0.335 e. The highest BCUT2D eigenvalue weighted by atomic mass is 28.4. The van der Waals surface area contributed by atoms with Crippen LogP contribution in [-0.4, -0.2) is 28.0 Å². The Bertz CT molecular complexity index is 251. The van der Waals surface area contributed by atoms with Gasteiger partial charge in [0.1, 0.15) is 0 Å². The van der Waals surface area contributed by atoms with Crippen molar-refractivity contribution in [1.82, 2.24) is 0 Å². The van der Waals surface area contributed by atoms with Crippen LogP contribution in [0, 0.1) is 0 Å². The van der Waals surface area contributed by atoms with Gasteiger partial charge in [-0.2, -0.15) is 0 Å². The van der Waals surface area contributed by atoms with Crippen LogP contribution in [0.5, 0.6) is 0 Å². The molecule has 0 aliphatic rings. The number of hydrogen-bond acceptors (Lipinski definition) is 3. The summed E-state index contributed by atoms with van der Waals surface area (Å²) in [6.07, 6.45) is 0. The van der Waals surface area contributed by atoms with Gasteiger partial charge in [0.25, 0.3) is 0 Å². The second kappa shape index (κ2) is 4.94. The largest absolute Gasteiger partial charge is 0.466 e. The molecule has 0 aliphatic carbocycles. The number of esters is 1. The molecule has 88 valence electrons. The minimum absolute atomic E-state index is 0.142. The molecule has 0 heterocycles. The van der Waals surface area contributed by atoms with E-state index in [0.29, 0.717) is 5.57 Å². The van der Waals surface area contributed by atoms with Crippen LogP contribution in [0.3, 0.4) is 0 Å². The van der Waals surface area contributed by atoms with Gasteiger partial charge in [-0.05, 0) is 18.1 Å². The summed E-state index contributed by atoms with van der Waals surface area (Å²) in [7, 11) is -0.448. The number of carbonyl (C=O) groups is 1. The molecule has 0 amide bonds. The molecule has 0 bridgehead atoms. The lowest BCUT2D eigenvalue weighted by Crippen LogP contribution is -2.41. The maximum absolute atomic E-state index is 11.1. The fourth-order valence-electron chi connectivity index (χ4n) is 0.687.